The first-order valence-electron chi connectivity index (χ1n) is 9.57. The number of carbonyl (C=O) groups excluding carboxylic acids is 1. The summed E-state index contributed by atoms with van der Waals surface area (Å²) < 4.78 is 14.8. The fraction of sp³-hybridized carbons (Fsp3) is 0.650. The summed E-state index contributed by atoms with van der Waals surface area (Å²) in [5, 5.41) is 13.1. The Morgan fingerprint density at radius 1 is 1.37 bits per heavy atom. The fourth-order valence-electron chi connectivity index (χ4n) is 4.81. The molecule has 4 atom stereocenters. The third kappa shape index (κ3) is 4.12. The van der Waals surface area contributed by atoms with Gasteiger partial charge in [0.05, 0.1) is 16.1 Å². The van der Waals surface area contributed by atoms with E-state index in [0.29, 0.717) is 12.8 Å². The number of rotatable bonds is 5. The third-order valence-electron chi connectivity index (χ3n) is 6.40. The van der Waals surface area contributed by atoms with Crippen molar-refractivity contribution in [1.29, 1.82) is 0 Å². The highest BCUT2D eigenvalue weighted by Crippen LogP contribution is 2.50. The number of amides is 1. The first-order chi connectivity index (χ1) is 12.8. The van der Waals surface area contributed by atoms with Crippen molar-refractivity contribution in [3.8, 4) is 0 Å². The molecule has 2 aliphatic carbocycles. The molecule has 2 fully saturated rings. The predicted molar refractivity (Wildman–Crippen MR) is 105 cm³/mol. The minimum absolute atomic E-state index is 0.0833. The third-order valence-corrected chi connectivity index (χ3v) is 7.22. The maximum atomic E-state index is 14.8. The van der Waals surface area contributed by atoms with Gasteiger partial charge in [0.1, 0.15) is 5.82 Å². The molecule has 0 saturated heterocycles. The molecule has 1 aromatic carbocycles. The van der Waals surface area contributed by atoms with Crippen LogP contribution in [-0.2, 0) is 4.79 Å². The summed E-state index contributed by atoms with van der Waals surface area (Å²) in [5.74, 6) is -1.21. The van der Waals surface area contributed by atoms with Crippen LogP contribution in [0.5, 0.6) is 0 Å². The van der Waals surface area contributed by atoms with Crippen LogP contribution in [0.3, 0.4) is 0 Å². The summed E-state index contributed by atoms with van der Waals surface area (Å²) in [5.41, 5.74) is 5.95. The highest BCUT2D eigenvalue weighted by atomic mass is 35.5. The van der Waals surface area contributed by atoms with Crippen LogP contribution in [-0.4, -0.2) is 23.7 Å². The number of halogens is 3. The zero-order valence-corrected chi connectivity index (χ0v) is 17.0. The molecule has 4 nitrogen and oxygen atoms in total. The zero-order chi connectivity index (χ0) is 19.8. The topological polar surface area (TPSA) is 75.4 Å². The minimum atomic E-state index is -0.574. The number of hydrogen-bond donors (Lipinski definition) is 3. The molecular formula is C20H27Cl2FN2O2. The fourth-order valence-corrected chi connectivity index (χ4v) is 5.24. The number of aliphatic hydroxyl groups is 1. The normalized spacial score (nSPS) is 28.3. The lowest BCUT2D eigenvalue weighted by atomic mass is 9.76. The molecule has 0 radical (unpaired) electrons. The molecule has 1 aromatic rings. The zero-order valence-electron chi connectivity index (χ0n) is 15.5. The Morgan fingerprint density at radius 3 is 2.67 bits per heavy atom. The largest absolute Gasteiger partial charge is 0.396 e. The van der Waals surface area contributed by atoms with E-state index in [2.05, 4.69) is 12.2 Å². The maximum absolute atomic E-state index is 14.8. The summed E-state index contributed by atoms with van der Waals surface area (Å²) in [6, 6.07) is 2.04. The van der Waals surface area contributed by atoms with Crippen molar-refractivity contribution in [2.45, 2.75) is 57.5 Å². The SMILES string of the molecule is CC1([C@H](NC(=O)[C@H]2C[C@@H](N)C[C@H]2CO)c2c(F)ccc(Cl)c2Cl)CCCC1. The van der Waals surface area contributed by atoms with Crippen molar-refractivity contribution < 1.29 is 14.3 Å². The molecule has 150 valence electrons. The van der Waals surface area contributed by atoms with E-state index >= 15 is 0 Å². The number of benzene rings is 1. The van der Waals surface area contributed by atoms with Gasteiger partial charge in [0, 0.05) is 24.1 Å². The second kappa shape index (κ2) is 8.24. The summed E-state index contributed by atoms with van der Waals surface area (Å²) in [6.07, 6.45) is 4.92. The Balaban J connectivity index is 1.95. The molecule has 2 saturated carbocycles. The lowest BCUT2D eigenvalue weighted by Crippen LogP contribution is -2.43. The highest BCUT2D eigenvalue weighted by molar-refractivity contribution is 6.42. The second-order valence-corrected chi connectivity index (χ2v) is 9.13. The van der Waals surface area contributed by atoms with E-state index in [-0.39, 0.29) is 51.4 Å². The molecule has 0 aliphatic heterocycles. The number of carbonyl (C=O) groups is 1. The maximum Gasteiger partial charge on any atom is 0.224 e. The van der Waals surface area contributed by atoms with Crippen LogP contribution in [0.2, 0.25) is 10.0 Å². The van der Waals surface area contributed by atoms with Crippen LogP contribution in [0.15, 0.2) is 12.1 Å². The molecule has 4 N–H and O–H groups in total. The van der Waals surface area contributed by atoms with Crippen molar-refractivity contribution in [1.82, 2.24) is 5.32 Å². The van der Waals surface area contributed by atoms with Crippen LogP contribution in [0.4, 0.5) is 4.39 Å². The van der Waals surface area contributed by atoms with Crippen molar-refractivity contribution in [3.05, 3.63) is 33.6 Å². The lowest BCUT2D eigenvalue weighted by Gasteiger charge is -2.37. The first-order valence-corrected chi connectivity index (χ1v) is 10.3. The average Bonchev–Trinajstić information content (AvgIpc) is 3.23. The van der Waals surface area contributed by atoms with E-state index in [1.807, 2.05) is 0 Å². The molecule has 0 spiro atoms. The molecule has 0 heterocycles. The quantitative estimate of drug-likeness (QED) is 0.628. The van der Waals surface area contributed by atoms with Gasteiger partial charge in [-0.05, 0) is 49.1 Å². The van der Waals surface area contributed by atoms with Gasteiger partial charge in [0.2, 0.25) is 5.91 Å². The van der Waals surface area contributed by atoms with Gasteiger partial charge < -0.3 is 16.2 Å². The monoisotopic (exact) mass is 416 g/mol. The summed E-state index contributed by atoms with van der Waals surface area (Å²) in [7, 11) is 0. The minimum Gasteiger partial charge on any atom is -0.396 e. The molecule has 7 heteroatoms. The lowest BCUT2D eigenvalue weighted by molar-refractivity contribution is -0.128. The summed E-state index contributed by atoms with van der Waals surface area (Å²) in [4.78, 5) is 13.1. The van der Waals surface area contributed by atoms with Crippen LogP contribution in [0.1, 0.15) is 57.1 Å². The van der Waals surface area contributed by atoms with Gasteiger partial charge in [-0.2, -0.15) is 0 Å². The van der Waals surface area contributed by atoms with Gasteiger partial charge in [-0.25, -0.2) is 4.39 Å². The van der Waals surface area contributed by atoms with Crippen LogP contribution in [0, 0.1) is 23.1 Å². The molecule has 0 bridgehead atoms. The van der Waals surface area contributed by atoms with E-state index in [1.54, 1.807) is 0 Å². The van der Waals surface area contributed by atoms with Gasteiger partial charge in [0.25, 0.3) is 0 Å². The molecular weight excluding hydrogens is 390 g/mol. The van der Waals surface area contributed by atoms with Gasteiger partial charge in [-0.15, -0.1) is 0 Å². The van der Waals surface area contributed by atoms with Crippen molar-refractivity contribution in [2.24, 2.45) is 23.0 Å². The number of hydrogen-bond acceptors (Lipinski definition) is 3. The van der Waals surface area contributed by atoms with Gasteiger partial charge in [-0.1, -0.05) is 43.0 Å². The Labute approximate surface area is 169 Å². The van der Waals surface area contributed by atoms with E-state index < -0.39 is 11.9 Å². The predicted octanol–water partition coefficient (Wildman–Crippen LogP) is 4.22. The van der Waals surface area contributed by atoms with E-state index in [0.717, 1.165) is 25.7 Å². The van der Waals surface area contributed by atoms with Crippen molar-refractivity contribution in [3.63, 3.8) is 0 Å². The Morgan fingerprint density at radius 2 is 2.04 bits per heavy atom. The van der Waals surface area contributed by atoms with Crippen LogP contribution >= 0.6 is 23.2 Å². The Hall–Kier alpha value is -0.880. The molecule has 2 aliphatic rings. The molecule has 3 rings (SSSR count). The van der Waals surface area contributed by atoms with Gasteiger partial charge >= 0.3 is 0 Å². The van der Waals surface area contributed by atoms with E-state index in [9.17, 15) is 14.3 Å². The molecule has 27 heavy (non-hydrogen) atoms. The van der Waals surface area contributed by atoms with E-state index in [1.165, 1.54) is 12.1 Å². The molecule has 1 amide bonds. The van der Waals surface area contributed by atoms with Gasteiger partial charge in [-0.3, -0.25) is 4.79 Å². The smallest absolute Gasteiger partial charge is 0.224 e. The number of nitrogens with two attached hydrogens (primary N) is 1. The summed E-state index contributed by atoms with van der Waals surface area (Å²) in [6.45, 7) is 1.98. The first kappa shape index (κ1) is 20.8. The second-order valence-electron chi connectivity index (χ2n) is 8.34. The van der Waals surface area contributed by atoms with Crippen molar-refractivity contribution in [2.75, 3.05) is 6.61 Å². The Kier molecular flexibility index (Phi) is 6.36. The number of aliphatic hydroxyl groups excluding tert-OH is 1. The molecule has 0 aromatic heterocycles. The number of nitrogens with one attached hydrogen (secondary N) is 1. The van der Waals surface area contributed by atoms with Crippen LogP contribution < -0.4 is 11.1 Å². The Bertz CT molecular complexity index is 709. The summed E-state index contributed by atoms with van der Waals surface area (Å²) >= 11 is 12.5. The van der Waals surface area contributed by atoms with Crippen molar-refractivity contribution >= 4 is 29.1 Å². The van der Waals surface area contributed by atoms with Gasteiger partial charge in [0.15, 0.2) is 0 Å². The van der Waals surface area contributed by atoms with E-state index in [4.69, 9.17) is 28.9 Å². The highest BCUT2D eigenvalue weighted by Gasteiger charge is 2.44. The molecule has 0 unspecified atom stereocenters. The standard InChI is InChI=1S/C20H27Cl2FN2O2/c1-20(6-2-3-7-20)18(16-15(23)5-4-14(21)17(16)22)25-19(27)13-9-12(24)8-11(13)10-26/h4-5,11-13,18,26H,2-3,6-10,24H2,1H3,(H,25,27)/t11-,12-,13-,18+/m0/s1. The van der Waals surface area contributed by atoms with Crippen LogP contribution in [0.25, 0.3) is 0 Å². The average molecular weight is 417 g/mol.